The van der Waals surface area contributed by atoms with Crippen molar-refractivity contribution in [3.05, 3.63) is 48.0 Å². The summed E-state index contributed by atoms with van der Waals surface area (Å²) in [4.78, 5) is 29.5. The van der Waals surface area contributed by atoms with Crippen LogP contribution in [0.4, 0.5) is 0 Å². The fraction of sp³-hybridized carbons (Fsp3) is 0.250. The molecule has 8 heteroatoms. The maximum absolute atomic E-state index is 12.5. The maximum Gasteiger partial charge on any atom is 0.331 e. The minimum absolute atomic E-state index is 0.0457. The van der Waals surface area contributed by atoms with Crippen molar-refractivity contribution in [3.8, 4) is 11.5 Å². The molecule has 0 radical (unpaired) electrons. The lowest BCUT2D eigenvalue weighted by Gasteiger charge is -2.08. The molecule has 0 saturated carbocycles. The quantitative estimate of drug-likeness (QED) is 0.286. The number of phenols is 1. The van der Waals surface area contributed by atoms with E-state index in [1.807, 2.05) is 12.1 Å². The Morgan fingerprint density at radius 1 is 1.11 bits per heavy atom. The zero-order chi connectivity index (χ0) is 20.5. The van der Waals surface area contributed by atoms with Crippen LogP contribution in [-0.4, -0.2) is 40.9 Å². The number of hydrogen-bond donors (Lipinski definition) is 2. The first-order valence-electron chi connectivity index (χ1n) is 8.58. The Hall–Kier alpha value is -2.84. The fourth-order valence-corrected chi connectivity index (χ4v) is 3.06. The molecule has 0 aliphatic heterocycles. The molecular weight excluding hydrogens is 382 g/mol. The van der Waals surface area contributed by atoms with E-state index in [2.05, 4.69) is 9.99 Å². The van der Waals surface area contributed by atoms with Crippen molar-refractivity contribution in [1.29, 1.82) is 0 Å². The van der Waals surface area contributed by atoms with Gasteiger partial charge in [-0.15, -0.1) is 0 Å². The average molecular weight is 403 g/mol. The second-order valence-corrected chi connectivity index (χ2v) is 6.77. The van der Waals surface area contributed by atoms with Gasteiger partial charge in [0.15, 0.2) is 0 Å². The molecule has 2 aromatic rings. The number of phenolic OH excluding ortho intramolecular Hbond substituents is 1. The molecule has 2 aromatic carbocycles. The van der Waals surface area contributed by atoms with E-state index in [0.717, 1.165) is 9.79 Å². The molecule has 2 rings (SSSR count). The van der Waals surface area contributed by atoms with E-state index >= 15 is 0 Å². The highest BCUT2D eigenvalue weighted by molar-refractivity contribution is 7.99. The summed E-state index contributed by atoms with van der Waals surface area (Å²) in [7, 11) is 0. The molecule has 0 amide bonds. The van der Waals surface area contributed by atoms with E-state index in [1.165, 1.54) is 30.8 Å². The first-order valence-corrected chi connectivity index (χ1v) is 9.40. The van der Waals surface area contributed by atoms with Gasteiger partial charge in [-0.2, -0.15) is 0 Å². The van der Waals surface area contributed by atoms with Gasteiger partial charge >= 0.3 is 5.97 Å². The molecule has 0 spiro atoms. The van der Waals surface area contributed by atoms with Gasteiger partial charge in [0.05, 0.1) is 12.2 Å². The van der Waals surface area contributed by atoms with Crippen LogP contribution in [0.2, 0.25) is 0 Å². The van der Waals surface area contributed by atoms with Gasteiger partial charge in [-0.25, -0.2) is 4.79 Å². The molecule has 0 fully saturated rings. The smallest absolute Gasteiger partial charge is 0.331 e. The monoisotopic (exact) mass is 403 g/mol. The number of hydrogen-bond acceptors (Lipinski definition) is 8. The molecule has 0 atom stereocenters. The number of carbonyl (C=O) groups excluding carboxylic acids is 2. The van der Waals surface area contributed by atoms with Gasteiger partial charge in [-0.1, -0.05) is 23.8 Å². The van der Waals surface area contributed by atoms with Crippen molar-refractivity contribution in [2.75, 3.05) is 13.2 Å². The van der Waals surface area contributed by atoms with Crippen LogP contribution in [0.25, 0.3) is 0 Å². The number of aromatic hydroxyl groups is 1. The van der Waals surface area contributed by atoms with Crippen molar-refractivity contribution in [1.82, 2.24) is 0 Å². The Morgan fingerprint density at radius 3 is 2.36 bits per heavy atom. The third-order valence-corrected chi connectivity index (χ3v) is 4.51. The number of rotatable bonds is 9. The first kappa shape index (κ1) is 21.5. The average Bonchev–Trinajstić information content (AvgIpc) is 2.67. The number of ether oxygens (including phenoxy) is 1. The summed E-state index contributed by atoms with van der Waals surface area (Å²) in [5.41, 5.74) is 0.134. The highest BCUT2D eigenvalue weighted by atomic mass is 32.2. The minimum Gasteiger partial charge on any atom is -0.507 e. The summed E-state index contributed by atoms with van der Waals surface area (Å²) in [6.07, 6.45) is 0.257. The van der Waals surface area contributed by atoms with Crippen molar-refractivity contribution in [2.45, 2.75) is 30.1 Å². The molecule has 0 saturated heterocycles. The summed E-state index contributed by atoms with van der Waals surface area (Å²) in [5.74, 6) is -0.645. The maximum atomic E-state index is 12.5. The number of nitrogens with zero attached hydrogens (tertiary/aromatic N) is 1. The fourth-order valence-electron chi connectivity index (χ4n) is 2.21. The number of aliphatic hydroxyl groups excluding tert-OH is 1. The van der Waals surface area contributed by atoms with E-state index in [1.54, 1.807) is 25.1 Å². The number of aliphatic hydroxyl groups is 1. The standard InChI is InChI=1S/C20H21NO6S/c1-3-18(21-27-13(2)23)20(25)17-9-8-16(12-19(17)24)28-15-6-4-14(5-7-15)26-11-10-22/h4-9,12,22,24H,3,10-11H2,1-2H3/b21-18+. The highest BCUT2D eigenvalue weighted by Gasteiger charge is 2.18. The molecule has 0 aliphatic carbocycles. The zero-order valence-corrected chi connectivity index (χ0v) is 16.4. The molecular formula is C20H21NO6S. The summed E-state index contributed by atoms with van der Waals surface area (Å²) < 4.78 is 5.31. The van der Waals surface area contributed by atoms with Crippen LogP contribution in [0.1, 0.15) is 30.6 Å². The van der Waals surface area contributed by atoms with Crippen molar-refractivity contribution in [2.24, 2.45) is 5.16 Å². The molecule has 28 heavy (non-hydrogen) atoms. The Morgan fingerprint density at radius 2 is 1.79 bits per heavy atom. The van der Waals surface area contributed by atoms with Crippen LogP contribution in [0.3, 0.4) is 0 Å². The van der Waals surface area contributed by atoms with Crippen molar-refractivity contribution >= 4 is 29.2 Å². The normalized spacial score (nSPS) is 11.2. The summed E-state index contributed by atoms with van der Waals surface area (Å²) in [5, 5.41) is 22.6. The molecule has 0 aromatic heterocycles. The number of ketones is 1. The second kappa shape index (κ2) is 10.5. The summed E-state index contributed by atoms with van der Waals surface area (Å²) >= 11 is 1.41. The minimum atomic E-state index is -0.623. The third-order valence-electron chi connectivity index (χ3n) is 3.51. The molecule has 0 aliphatic rings. The van der Waals surface area contributed by atoms with Crippen LogP contribution in [0.5, 0.6) is 11.5 Å². The SMILES string of the molecule is CC/C(=N\OC(C)=O)C(=O)c1ccc(Sc2ccc(OCCO)cc2)cc1O. The van der Waals surface area contributed by atoms with Gasteiger partial charge < -0.3 is 19.8 Å². The van der Waals surface area contributed by atoms with E-state index in [-0.39, 0.29) is 36.7 Å². The van der Waals surface area contributed by atoms with Gasteiger partial charge in [-0.05, 0) is 48.9 Å². The van der Waals surface area contributed by atoms with Gasteiger partial charge in [0.2, 0.25) is 5.78 Å². The van der Waals surface area contributed by atoms with Gasteiger partial charge in [0, 0.05) is 16.7 Å². The predicted molar refractivity (Wildman–Crippen MR) is 105 cm³/mol. The van der Waals surface area contributed by atoms with E-state index in [0.29, 0.717) is 5.75 Å². The Labute approximate surface area is 167 Å². The lowest BCUT2D eigenvalue weighted by molar-refractivity contribution is -0.140. The largest absolute Gasteiger partial charge is 0.507 e. The highest BCUT2D eigenvalue weighted by Crippen LogP contribution is 2.32. The molecule has 2 N–H and O–H groups in total. The molecule has 0 unspecified atom stereocenters. The molecule has 148 valence electrons. The molecule has 0 heterocycles. The number of Topliss-reactive ketones (excluding diaryl/α,β-unsaturated/α-hetero) is 1. The van der Waals surface area contributed by atoms with E-state index < -0.39 is 11.8 Å². The Kier molecular flexibility index (Phi) is 8.03. The lowest BCUT2D eigenvalue weighted by Crippen LogP contribution is -2.15. The van der Waals surface area contributed by atoms with Crippen molar-refractivity contribution in [3.63, 3.8) is 0 Å². The molecule has 7 nitrogen and oxygen atoms in total. The van der Waals surface area contributed by atoms with Crippen LogP contribution < -0.4 is 4.74 Å². The van der Waals surface area contributed by atoms with Crippen LogP contribution in [0, 0.1) is 0 Å². The lowest BCUT2D eigenvalue weighted by atomic mass is 10.0. The third kappa shape index (κ3) is 6.11. The number of oxime groups is 1. The topological polar surface area (TPSA) is 105 Å². The van der Waals surface area contributed by atoms with E-state index in [4.69, 9.17) is 9.84 Å². The van der Waals surface area contributed by atoms with Gasteiger partial charge in [-0.3, -0.25) is 4.79 Å². The number of carbonyl (C=O) groups is 2. The zero-order valence-electron chi connectivity index (χ0n) is 15.5. The Balaban J connectivity index is 2.12. The number of benzene rings is 2. The summed E-state index contributed by atoms with van der Waals surface area (Å²) in [6, 6.07) is 12.0. The van der Waals surface area contributed by atoms with Gasteiger partial charge in [0.1, 0.15) is 23.8 Å². The first-order chi connectivity index (χ1) is 13.4. The van der Waals surface area contributed by atoms with Crippen LogP contribution in [0.15, 0.2) is 57.4 Å². The van der Waals surface area contributed by atoms with Crippen LogP contribution in [-0.2, 0) is 9.63 Å². The molecule has 0 bridgehead atoms. The summed E-state index contributed by atoms with van der Waals surface area (Å²) in [6.45, 7) is 3.08. The second-order valence-electron chi connectivity index (χ2n) is 5.63. The van der Waals surface area contributed by atoms with Crippen molar-refractivity contribution < 1.29 is 29.4 Å². The Bertz CT molecular complexity index is 863. The van der Waals surface area contributed by atoms with Crippen LogP contribution >= 0.6 is 11.8 Å². The predicted octanol–water partition coefficient (Wildman–Crippen LogP) is 3.43. The van der Waals surface area contributed by atoms with E-state index in [9.17, 15) is 14.7 Å². The van der Waals surface area contributed by atoms with Gasteiger partial charge in [0.25, 0.3) is 0 Å².